The fourth-order valence-electron chi connectivity index (χ4n) is 0.684. The molecule has 0 saturated carbocycles. The van der Waals surface area contributed by atoms with Crippen molar-refractivity contribution in [2.45, 2.75) is 6.92 Å². The zero-order chi connectivity index (χ0) is 8.43. The topological polar surface area (TPSA) is 56.9 Å². The second-order valence-electron chi connectivity index (χ2n) is 2.08. The maximum absolute atomic E-state index is 9.21. The van der Waals surface area contributed by atoms with Gasteiger partial charge < -0.3 is 5.11 Å². The number of aromatic nitrogens is 1. The molecule has 1 aromatic rings. The van der Waals surface area contributed by atoms with Crippen molar-refractivity contribution in [2.24, 2.45) is 0 Å². The standard InChI is InChI=1S/C7H5BrN2O/c1-4-2-5(3-9)10-7(8)6(4)11/h2,11H,1H3. The molecule has 4 heteroatoms. The summed E-state index contributed by atoms with van der Waals surface area (Å²) in [7, 11) is 0. The Labute approximate surface area is 72.4 Å². The monoisotopic (exact) mass is 212 g/mol. The van der Waals surface area contributed by atoms with Crippen LogP contribution in [0.4, 0.5) is 0 Å². The van der Waals surface area contributed by atoms with E-state index >= 15 is 0 Å². The lowest BCUT2D eigenvalue weighted by Crippen LogP contribution is -1.86. The number of aryl methyl sites for hydroxylation is 1. The van der Waals surface area contributed by atoms with Crippen LogP contribution in [-0.4, -0.2) is 10.1 Å². The van der Waals surface area contributed by atoms with Crippen LogP contribution in [0.15, 0.2) is 10.7 Å². The highest BCUT2D eigenvalue weighted by atomic mass is 79.9. The maximum atomic E-state index is 9.21. The van der Waals surface area contributed by atoms with Gasteiger partial charge in [-0.3, -0.25) is 0 Å². The highest BCUT2D eigenvalue weighted by Gasteiger charge is 2.04. The van der Waals surface area contributed by atoms with Crippen molar-refractivity contribution in [3.8, 4) is 11.8 Å². The largest absolute Gasteiger partial charge is 0.505 e. The Morgan fingerprint density at radius 3 is 2.82 bits per heavy atom. The van der Waals surface area contributed by atoms with E-state index < -0.39 is 0 Å². The zero-order valence-corrected chi connectivity index (χ0v) is 7.38. The summed E-state index contributed by atoms with van der Waals surface area (Å²) < 4.78 is 0.314. The van der Waals surface area contributed by atoms with E-state index in [0.29, 0.717) is 15.9 Å². The predicted octanol–water partition coefficient (Wildman–Crippen LogP) is 1.73. The average Bonchev–Trinajstić information content (AvgIpc) is 1.99. The van der Waals surface area contributed by atoms with Gasteiger partial charge in [-0.05, 0) is 34.5 Å². The normalized spacial score (nSPS) is 9.18. The molecule has 1 aromatic heterocycles. The number of hydrogen-bond acceptors (Lipinski definition) is 3. The third kappa shape index (κ3) is 1.49. The Morgan fingerprint density at radius 2 is 2.36 bits per heavy atom. The molecule has 0 fully saturated rings. The lowest BCUT2D eigenvalue weighted by atomic mass is 10.2. The van der Waals surface area contributed by atoms with Crippen molar-refractivity contribution in [3.63, 3.8) is 0 Å². The molecule has 56 valence electrons. The predicted molar refractivity (Wildman–Crippen MR) is 43.1 cm³/mol. The summed E-state index contributed by atoms with van der Waals surface area (Å²) in [6, 6.07) is 3.41. The molecule has 0 radical (unpaired) electrons. The van der Waals surface area contributed by atoms with Gasteiger partial charge in [0.05, 0.1) is 0 Å². The molecule has 0 unspecified atom stereocenters. The molecule has 3 nitrogen and oxygen atoms in total. The van der Waals surface area contributed by atoms with Gasteiger partial charge in [-0.25, -0.2) is 4.98 Å². The summed E-state index contributed by atoms with van der Waals surface area (Å²) in [4.78, 5) is 3.76. The third-order valence-corrected chi connectivity index (χ3v) is 1.81. The first-order valence-electron chi connectivity index (χ1n) is 2.91. The zero-order valence-electron chi connectivity index (χ0n) is 5.80. The van der Waals surface area contributed by atoms with Crippen LogP contribution in [0.3, 0.4) is 0 Å². The van der Waals surface area contributed by atoms with Gasteiger partial charge >= 0.3 is 0 Å². The van der Waals surface area contributed by atoms with E-state index in [0.717, 1.165) is 0 Å². The number of nitriles is 1. The van der Waals surface area contributed by atoms with Crippen LogP contribution in [0.2, 0.25) is 0 Å². The molecule has 0 aliphatic carbocycles. The molecule has 0 aliphatic heterocycles. The number of nitrogens with zero attached hydrogens (tertiary/aromatic N) is 2. The maximum Gasteiger partial charge on any atom is 0.151 e. The Morgan fingerprint density at radius 1 is 1.73 bits per heavy atom. The smallest absolute Gasteiger partial charge is 0.151 e. The molecule has 1 N–H and O–H groups in total. The Bertz CT molecular complexity index is 307. The number of halogens is 1. The first-order chi connectivity index (χ1) is 5.15. The molecular formula is C7H5BrN2O. The van der Waals surface area contributed by atoms with Crippen molar-refractivity contribution in [1.29, 1.82) is 5.26 Å². The summed E-state index contributed by atoms with van der Waals surface area (Å²) in [6.07, 6.45) is 0. The molecular weight excluding hydrogens is 208 g/mol. The lowest BCUT2D eigenvalue weighted by molar-refractivity contribution is 0.464. The van der Waals surface area contributed by atoms with Crippen LogP contribution in [0.1, 0.15) is 11.3 Å². The number of aromatic hydroxyl groups is 1. The lowest BCUT2D eigenvalue weighted by Gasteiger charge is -1.99. The van der Waals surface area contributed by atoms with E-state index in [1.54, 1.807) is 6.92 Å². The van der Waals surface area contributed by atoms with E-state index in [2.05, 4.69) is 20.9 Å². The average molecular weight is 213 g/mol. The Kier molecular flexibility index (Phi) is 2.11. The molecule has 0 amide bonds. The summed E-state index contributed by atoms with van der Waals surface area (Å²) in [5, 5.41) is 17.7. The quantitative estimate of drug-likeness (QED) is 0.667. The van der Waals surface area contributed by atoms with E-state index in [-0.39, 0.29) is 5.75 Å². The van der Waals surface area contributed by atoms with Gasteiger partial charge in [-0.2, -0.15) is 5.26 Å². The van der Waals surface area contributed by atoms with Gasteiger partial charge in [-0.1, -0.05) is 0 Å². The van der Waals surface area contributed by atoms with Crippen molar-refractivity contribution >= 4 is 15.9 Å². The second kappa shape index (κ2) is 2.89. The molecule has 0 saturated heterocycles. The van der Waals surface area contributed by atoms with Crippen molar-refractivity contribution in [1.82, 2.24) is 4.98 Å². The van der Waals surface area contributed by atoms with Crippen LogP contribution in [0, 0.1) is 18.3 Å². The number of hydrogen-bond donors (Lipinski definition) is 1. The van der Waals surface area contributed by atoms with E-state index in [4.69, 9.17) is 5.26 Å². The van der Waals surface area contributed by atoms with Crippen LogP contribution in [0.25, 0.3) is 0 Å². The highest BCUT2D eigenvalue weighted by Crippen LogP contribution is 2.25. The first-order valence-corrected chi connectivity index (χ1v) is 3.70. The van der Waals surface area contributed by atoms with Crippen LogP contribution >= 0.6 is 15.9 Å². The molecule has 11 heavy (non-hydrogen) atoms. The SMILES string of the molecule is Cc1cc(C#N)nc(Br)c1O. The van der Waals surface area contributed by atoms with Gasteiger partial charge in [0.1, 0.15) is 16.4 Å². The summed E-state index contributed by atoms with van der Waals surface area (Å²) in [5.74, 6) is 0.0870. The van der Waals surface area contributed by atoms with Crippen LogP contribution in [0.5, 0.6) is 5.75 Å². The first kappa shape index (κ1) is 8.02. The molecule has 1 heterocycles. The molecule has 0 atom stereocenters. The van der Waals surface area contributed by atoms with Crippen molar-refractivity contribution in [3.05, 3.63) is 21.9 Å². The summed E-state index contributed by atoms with van der Waals surface area (Å²) in [5.41, 5.74) is 0.940. The van der Waals surface area contributed by atoms with Gasteiger partial charge in [0, 0.05) is 0 Å². The number of rotatable bonds is 0. The van der Waals surface area contributed by atoms with Crippen LogP contribution < -0.4 is 0 Å². The van der Waals surface area contributed by atoms with Crippen molar-refractivity contribution < 1.29 is 5.11 Å². The Hall–Kier alpha value is -1.08. The minimum absolute atomic E-state index is 0.0870. The molecule has 0 bridgehead atoms. The molecule has 0 spiro atoms. The van der Waals surface area contributed by atoms with Crippen molar-refractivity contribution in [2.75, 3.05) is 0 Å². The van der Waals surface area contributed by atoms with Gasteiger partial charge in [0.15, 0.2) is 5.75 Å². The highest BCUT2D eigenvalue weighted by molar-refractivity contribution is 9.10. The van der Waals surface area contributed by atoms with Gasteiger partial charge in [0.25, 0.3) is 0 Å². The van der Waals surface area contributed by atoms with Gasteiger partial charge in [-0.15, -0.1) is 0 Å². The van der Waals surface area contributed by atoms with Gasteiger partial charge in [0.2, 0.25) is 0 Å². The fraction of sp³-hybridized carbons (Fsp3) is 0.143. The van der Waals surface area contributed by atoms with E-state index in [1.165, 1.54) is 6.07 Å². The minimum atomic E-state index is 0.0870. The van der Waals surface area contributed by atoms with Crippen LogP contribution in [-0.2, 0) is 0 Å². The summed E-state index contributed by atoms with van der Waals surface area (Å²) in [6.45, 7) is 1.71. The Balaban J connectivity index is 3.35. The molecule has 0 aliphatic rings. The second-order valence-corrected chi connectivity index (χ2v) is 2.83. The minimum Gasteiger partial charge on any atom is -0.505 e. The number of pyridine rings is 1. The summed E-state index contributed by atoms with van der Waals surface area (Å²) >= 11 is 3.03. The molecule has 0 aromatic carbocycles. The fourth-order valence-corrected chi connectivity index (χ4v) is 1.19. The third-order valence-electron chi connectivity index (χ3n) is 1.26. The van der Waals surface area contributed by atoms with E-state index in [9.17, 15) is 5.11 Å². The molecule has 1 rings (SSSR count). The van der Waals surface area contributed by atoms with E-state index in [1.807, 2.05) is 6.07 Å².